The molecule has 0 saturated carbocycles. The van der Waals surface area contributed by atoms with Crippen LogP contribution in [-0.2, 0) is 23.9 Å². The highest BCUT2D eigenvalue weighted by Crippen LogP contribution is 2.13. The summed E-state index contributed by atoms with van der Waals surface area (Å²) in [4.78, 5) is 33.4. The molecule has 0 rings (SSSR count). The van der Waals surface area contributed by atoms with Gasteiger partial charge in [-0.05, 0) is 26.7 Å². The van der Waals surface area contributed by atoms with Crippen molar-refractivity contribution in [2.24, 2.45) is 0 Å². The standard InChI is InChI=1S/C15H24BrNO5/c1-3-21-14(19)7-5-6-12(10-16)8-13(17-11-18)9-15(20)22-4-2/h8,11,13H,3-7,9-10H2,1-2H3,(H,17,18). The lowest BCUT2D eigenvalue weighted by atomic mass is 10.1. The number of ether oxygens (including phenoxy) is 2. The maximum Gasteiger partial charge on any atom is 0.308 e. The third-order valence-corrected chi connectivity index (χ3v) is 3.49. The highest BCUT2D eigenvalue weighted by molar-refractivity contribution is 9.09. The Morgan fingerprint density at radius 2 is 1.77 bits per heavy atom. The first-order valence-electron chi connectivity index (χ1n) is 7.33. The molecule has 1 unspecified atom stereocenters. The molecule has 22 heavy (non-hydrogen) atoms. The minimum Gasteiger partial charge on any atom is -0.466 e. The molecule has 0 aliphatic rings. The monoisotopic (exact) mass is 377 g/mol. The van der Waals surface area contributed by atoms with E-state index in [9.17, 15) is 14.4 Å². The minimum atomic E-state index is -0.410. The number of halogens is 1. The molecule has 7 heteroatoms. The molecule has 1 atom stereocenters. The quantitative estimate of drug-likeness (QED) is 0.244. The second-order valence-electron chi connectivity index (χ2n) is 4.52. The largest absolute Gasteiger partial charge is 0.466 e. The molecule has 0 bridgehead atoms. The third kappa shape index (κ3) is 10.4. The fourth-order valence-corrected chi connectivity index (χ4v) is 2.29. The van der Waals surface area contributed by atoms with Gasteiger partial charge in [0.15, 0.2) is 0 Å². The summed E-state index contributed by atoms with van der Waals surface area (Å²) in [5, 5.41) is 3.19. The Bertz CT molecular complexity index is 384. The van der Waals surface area contributed by atoms with E-state index >= 15 is 0 Å². The lowest BCUT2D eigenvalue weighted by molar-refractivity contribution is -0.144. The van der Waals surface area contributed by atoms with Gasteiger partial charge in [0.1, 0.15) is 0 Å². The molecule has 6 nitrogen and oxygen atoms in total. The van der Waals surface area contributed by atoms with Gasteiger partial charge in [0, 0.05) is 11.8 Å². The van der Waals surface area contributed by atoms with Gasteiger partial charge in [0.2, 0.25) is 6.41 Å². The van der Waals surface area contributed by atoms with Crippen LogP contribution in [0, 0.1) is 0 Å². The van der Waals surface area contributed by atoms with Crippen LogP contribution >= 0.6 is 15.9 Å². The maximum absolute atomic E-state index is 11.5. The predicted octanol–water partition coefficient (Wildman–Crippen LogP) is 2.11. The second-order valence-corrected chi connectivity index (χ2v) is 5.08. The number of hydrogen-bond donors (Lipinski definition) is 1. The van der Waals surface area contributed by atoms with Crippen LogP contribution < -0.4 is 5.32 Å². The number of alkyl halides is 1. The molecule has 0 aliphatic heterocycles. The van der Waals surface area contributed by atoms with Crippen LogP contribution in [0.4, 0.5) is 0 Å². The van der Waals surface area contributed by atoms with E-state index in [0.29, 0.717) is 44.2 Å². The highest BCUT2D eigenvalue weighted by atomic mass is 79.9. The van der Waals surface area contributed by atoms with E-state index in [0.717, 1.165) is 5.57 Å². The Kier molecular flexibility index (Phi) is 12.5. The van der Waals surface area contributed by atoms with E-state index in [1.54, 1.807) is 13.8 Å². The third-order valence-electron chi connectivity index (χ3n) is 2.77. The molecular weight excluding hydrogens is 354 g/mol. The lowest BCUT2D eigenvalue weighted by Gasteiger charge is -2.13. The van der Waals surface area contributed by atoms with Crippen LogP contribution in [0.15, 0.2) is 11.6 Å². The van der Waals surface area contributed by atoms with Gasteiger partial charge in [0.05, 0.1) is 25.7 Å². The number of nitrogens with one attached hydrogen (secondary N) is 1. The fraction of sp³-hybridized carbons (Fsp3) is 0.667. The van der Waals surface area contributed by atoms with Crippen molar-refractivity contribution in [1.29, 1.82) is 0 Å². The summed E-state index contributed by atoms with van der Waals surface area (Å²) in [5.74, 6) is -0.580. The normalized spacial score (nSPS) is 12.4. The first-order valence-corrected chi connectivity index (χ1v) is 8.45. The van der Waals surface area contributed by atoms with Crippen LogP contribution in [0.25, 0.3) is 0 Å². The van der Waals surface area contributed by atoms with E-state index in [4.69, 9.17) is 9.47 Å². The molecular formula is C15H24BrNO5. The van der Waals surface area contributed by atoms with Gasteiger partial charge < -0.3 is 14.8 Å². The van der Waals surface area contributed by atoms with Crippen molar-refractivity contribution in [2.45, 2.75) is 45.6 Å². The Morgan fingerprint density at radius 1 is 1.14 bits per heavy atom. The van der Waals surface area contributed by atoms with Crippen LogP contribution in [0.2, 0.25) is 0 Å². The zero-order chi connectivity index (χ0) is 16.8. The van der Waals surface area contributed by atoms with Crippen molar-refractivity contribution in [3.05, 3.63) is 11.6 Å². The zero-order valence-electron chi connectivity index (χ0n) is 13.1. The van der Waals surface area contributed by atoms with Gasteiger partial charge in [-0.3, -0.25) is 14.4 Å². The molecule has 0 aromatic heterocycles. The lowest BCUT2D eigenvalue weighted by Crippen LogP contribution is -2.29. The van der Waals surface area contributed by atoms with Crippen LogP contribution in [0.1, 0.15) is 39.5 Å². The van der Waals surface area contributed by atoms with Crippen molar-refractivity contribution in [1.82, 2.24) is 5.32 Å². The van der Waals surface area contributed by atoms with E-state index < -0.39 is 6.04 Å². The Labute approximate surface area is 139 Å². The molecule has 0 aromatic carbocycles. The van der Waals surface area contributed by atoms with Crippen molar-refractivity contribution in [2.75, 3.05) is 18.5 Å². The molecule has 0 saturated heterocycles. The van der Waals surface area contributed by atoms with Crippen molar-refractivity contribution < 1.29 is 23.9 Å². The molecule has 0 spiro atoms. The molecule has 0 aromatic rings. The van der Waals surface area contributed by atoms with E-state index in [-0.39, 0.29) is 18.4 Å². The first-order chi connectivity index (χ1) is 10.6. The zero-order valence-corrected chi connectivity index (χ0v) is 14.7. The van der Waals surface area contributed by atoms with Crippen LogP contribution in [0.5, 0.6) is 0 Å². The van der Waals surface area contributed by atoms with Gasteiger partial charge in [0.25, 0.3) is 0 Å². The summed E-state index contributed by atoms with van der Waals surface area (Å²) in [5.41, 5.74) is 1.01. The van der Waals surface area contributed by atoms with Crippen molar-refractivity contribution >= 4 is 34.3 Å². The predicted molar refractivity (Wildman–Crippen MR) is 86.6 cm³/mol. The topological polar surface area (TPSA) is 81.7 Å². The summed E-state index contributed by atoms with van der Waals surface area (Å²) >= 11 is 3.37. The Morgan fingerprint density at radius 3 is 2.32 bits per heavy atom. The van der Waals surface area contributed by atoms with E-state index in [1.165, 1.54) is 0 Å². The van der Waals surface area contributed by atoms with Gasteiger partial charge in [-0.15, -0.1) is 0 Å². The van der Waals surface area contributed by atoms with Crippen LogP contribution in [0.3, 0.4) is 0 Å². The van der Waals surface area contributed by atoms with Crippen molar-refractivity contribution in [3.8, 4) is 0 Å². The smallest absolute Gasteiger partial charge is 0.308 e. The number of allylic oxidation sites excluding steroid dienone is 1. The second kappa shape index (κ2) is 13.3. The molecule has 126 valence electrons. The number of amides is 1. The highest BCUT2D eigenvalue weighted by Gasteiger charge is 2.13. The molecule has 0 heterocycles. The molecule has 0 radical (unpaired) electrons. The number of hydrogen-bond acceptors (Lipinski definition) is 5. The first kappa shape index (κ1) is 20.6. The van der Waals surface area contributed by atoms with Gasteiger partial charge >= 0.3 is 11.9 Å². The summed E-state index contributed by atoms with van der Waals surface area (Å²) in [7, 11) is 0. The SMILES string of the molecule is CCOC(=O)CCCC(=CC(CC(=O)OCC)NC=O)CBr. The summed E-state index contributed by atoms with van der Waals surface area (Å²) in [6, 6.07) is -0.410. The van der Waals surface area contributed by atoms with E-state index in [2.05, 4.69) is 21.2 Å². The number of carbonyl (C=O) groups excluding carboxylic acids is 3. The Hall–Kier alpha value is -1.37. The summed E-state index contributed by atoms with van der Waals surface area (Å²) < 4.78 is 9.74. The van der Waals surface area contributed by atoms with Gasteiger partial charge in [-0.1, -0.05) is 27.6 Å². The van der Waals surface area contributed by atoms with Crippen molar-refractivity contribution in [3.63, 3.8) is 0 Å². The van der Waals surface area contributed by atoms with Crippen LogP contribution in [-0.4, -0.2) is 42.9 Å². The Balaban J connectivity index is 4.48. The number of carbonyl (C=O) groups is 3. The van der Waals surface area contributed by atoms with E-state index in [1.807, 2.05) is 6.08 Å². The average molecular weight is 378 g/mol. The average Bonchev–Trinajstić information content (AvgIpc) is 2.46. The minimum absolute atomic E-state index is 0.0843. The maximum atomic E-state index is 11.5. The number of esters is 2. The molecule has 1 amide bonds. The van der Waals surface area contributed by atoms with Gasteiger partial charge in [-0.2, -0.15) is 0 Å². The molecule has 0 fully saturated rings. The summed E-state index contributed by atoms with van der Waals surface area (Å²) in [6.45, 7) is 4.19. The number of rotatable bonds is 12. The summed E-state index contributed by atoms with van der Waals surface area (Å²) in [6.07, 6.45) is 4.16. The fourth-order valence-electron chi connectivity index (χ4n) is 1.82. The van der Waals surface area contributed by atoms with Gasteiger partial charge in [-0.25, -0.2) is 0 Å². The molecule has 1 N–H and O–H groups in total. The molecule has 0 aliphatic carbocycles.